The van der Waals surface area contributed by atoms with Crippen LogP contribution in [-0.4, -0.2) is 43.7 Å². The van der Waals surface area contributed by atoms with E-state index in [1.165, 1.54) is 32.5 Å². The van der Waals surface area contributed by atoms with Crippen LogP contribution in [0, 0.1) is 5.92 Å². The van der Waals surface area contributed by atoms with Gasteiger partial charge in [-0.25, -0.2) is 0 Å². The highest BCUT2D eigenvalue weighted by Gasteiger charge is 2.18. The maximum absolute atomic E-state index is 5.79. The van der Waals surface area contributed by atoms with Crippen LogP contribution in [0.2, 0.25) is 0 Å². The minimum absolute atomic E-state index is 0.622. The molecule has 3 heteroatoms. The quantitative estimate of drug-likeness (QED) is 0.744. The first-order valence-corrected chi connectivity index (χ1v) is 8.38. The van der Waals surface area contributed by atoms with E-state index in [-0.39, 0.29) is 0 Å². The highest BCUT2D eigenvalue weighted by molar-refractivity contribution is 5.20. The standard InChI is InChI=1S/C18H30N2O/c1-16(2)20(15-17-9-11-19-12-10-17)13-6-14-21-18-7-4-3-5-8-18/h3-5,7-8,16-17,19H,6,9-15H2,1-2H3. The lowest BCUT2D eigenvalue weighted by atomic mass is 9.97. The molecule has 3 nitrogen and oxygen atoms in total. The summed E-state index contributed by atoms with van der Waals surface area (Å²) in [6.07, 6.45) is 3.74. The van der Waals surface area contributed by atoms with Crippen molar-refractivity contribution in [3.63, 3.8) is 0 Å². The molecule has 0 spiro atoms. The summed E-state index contributed by atoms with van der Waals surface area (Å²) in [4.78, 5) is 2.62. The maximum Gasteiger partial charge on any atom is 0.119 e. The van der Waals surface area contributed by atoms with Crippen molar-refractivity contribution in [2.24, 2.45) is 5.92 Å². The first-order chi connectivity index (χ1) is 10.3. The number of nitrogens with zero attached hydrogens (tertiary/aromatic N) is 1. The lowest BCUT2D eigenvalue weighted by Crippen LogP contribution is -2.40. The van der Waals surface area contributed by atoms with Crippen molar-refractivity contribution in [2.45, 2.75) is 39.2 Å². The van der Waals surface area contributed by atoms with E-state index in [9.17, 15) is 0 Å². The number of hydrogen-bond acceptors (Lipinski definition) is 3. The predicted octanol–water partition coefficient (Wildman–Crippen LogP) is 3.17. The number of rotatable bonds is 8. The van der Waals surface area contributed by atoms with Crippen molar-refractivity contribution in [2.75, 3.05) is 32.8 Å². The topological polar surface area (TPSA) is 24.5 Å². The number of hydrogen-bond donors (Lipinski definition) is 1. The van der Waals surface area contributed by atoms with Gasteiger partial charge in [0.15, 0.2) is 0 Å². The SMILES string of the molecule is CC(C)N(CCCOc1ccccc1)CC1CCNCC1. The predicted molar refractivity (Wildman–Crippen MR) is 88.9 cm³/mol. The fourth-order valence-electron chi connectivity index (χ4n) is 2.93. The van der Waals surface area contributed by atoms with Crippen LogP contribution in [0.4, 0.5) is 0 Å². The van der Waals surface area contributed by atoms with Crippen LogP contribution in [0.25, 0.3) is 0 Å². The Balaban J connectivity index is 1.67. The molecule has 1 aromatic carbocycles. The summed E-state index contributed by atoms with van der Waals surface area (Å²) in [5, 5.41) is 3.45. The second-order valence-corrected chi connectivity index (χ2v) is 6.30. The molecular weight excluding hydrogens is 260 g/mol. The van der Waals surface area contributed by atoms with Gasteiger partial charge in [-0.15, -0.1) is 0 Å². The Labute approximate surface area is 129 Å². The Hall–Kier alpha value is -1.06. The van der Waals surface area contributed by atoms with Gasteiger partial charge in [-0.2, -0.15) is 0 Å². The molecule has 0 amide bonds. The van der Waals surface area contributed by atoms with Crippen LogP contribution in [0.15, 0.2) is 30.3 Å². The summed E-state index contributed by atoms with van der Waals surface area (Å²) in [6.45, 7) is 10.2. The molecule has 0 unspecified atom stereocenters. The Morgan fingerprint density at radius 1 is 1.19 bits per heavy atom. The Morgan fingerprint density at radius 2 is 1.90 bits per heavy atom. The van der Waals surface area contributed by atoms with Crippen molar-refractivity contribution in [3.8, 4) is 5.75 Å². The molecule has 1 fully saturated rings. The second kappa shape index (κ2) is 9.06. The van der Waals surface area contributed by atoms with E-state index in [2.05, 4.69) is 24.1 Å². The molecule has 118 valence electrons. The van der Waals surface area contributed by atoms with Gasteiger partial charge < -0.3 is 15.0 Å². The Morgan fingerprint density at radius 3 is 2.57 bits per heavy atom. The van der Waals surface area contributed by atoms with E-state index in [4.69, 9.17) is 4.74 Å². The van der Waals surface area contributed by atoms with Crippen LogP contribution in [-0.2, 0) is 0 Å². The van der Waals surface area contributed by atoms with E-state index < -0.39 is 0 Å². The first kappa shape index (κ1) is 16.3. The third kappa shape index (κ3) is 6.06. The van der Waals surface area contributed by atoms with Gasteiger partial charge in [0.25, 0.3) is 0 Å². The van der Waals surface area contributed by atoms with E-state index in [0.29, 0.717) is 6.04 Å². The molecule has 21 heavy (non-hydrogen) atoms. The molecule has 1 saturated heterocycles. The number of nitrogens with one attached hydrogen (secondary N) is 1. The van der Waals surface area contributed by atoms with Crippen LogP contribution in [0.3, 0.4) is 0 Å². The number of piperidine rings is 1. The molecule has 0 atom stereocenters. The fraction of sp³-hybridized carbons (Fsp3) is 0.667. The summed E-state index contributed by atoms with van der Waals surface area (Å²) in [5.74, 6) is 1.84. The third-order valence-electron chi connectivity index (χ3n) is 4.28. The molecular formula is C18H30N2O. The molecule has 1 aliphatic heterocycles. The summed E-state index contributed by atoms with van der Waals surface area (Å²) in [5.41, 5.74) is 0. The monoisotopic (exact) mass is 290 g/mol. The normalized spacial score (nSPS) is 16.6. The number of para-hydroxylation sites is 1. The summed E-state index contributed by atoms with van der Waals surface area (Å²) >= 11 is 0. The maximum atomic E-state index is 5.79. The van der Waals surface area contributed by atoms with Crippen molar-refractivity contribution in [1.82, 2.24) is 10.2 Å². The summed E-state index contributed by atoms with van der Waals surface area (Å²) in [6, 6.07) is 10.7. The van der Waals surface area contributed by atoms with Crippen molar-refractivity contribution in [1.29, 1.82) is 0 Å². The zero-order valence-corrected chi connectivity index (χ0v) is 13.6. The van der Waals surface area contributed by atoms with Gasteiger partial charge in [0.2, 0.25) is 0 Å². The van der Waals surface area contributed by atoms with E-state index in [0.717, 1.165) is 31.2 Å². The molecule has 0 saturated carbocycles. The zero-order valence-electron chi connectivity index (χ0n) is 13.6. The van der Waals surface area contributed by atoms with Crippen molar-refractivity contribution >= 4 is 0 Å². The summed E-state index contributed by atoms with van der Waals surface area (Å²) in [7, 11) is 0. The van der Waals surface area contributed by atoms with Gasteiger partial charge in [0.05, 0.1) is 6.61 Å². The third-order valence-corrected chi connectivity index (χ3v) is 4.28. The molecule has 0 radical (unpaired) electrons. The van der Waals surface area contributed by atoms with Gasteiger partial charge in [0, 0.05) is 19.1 Å². The zero-order chi connectivity index (χ0) is 14.9. The number of benzene rings is 1. The molecule has 0 aliphatic carbocycles. The fourth-order valence-corrected chi connectivity index (χ4v) is 2.93. The lowest BCUT2D eigenvalue weighted by Gasteiger charge is -2.32. The molecule has 1 heterocycles. The van der Waals surface area contributed by atoms with Gasteiger partial charge >= 0.3 is 0 Å². The largest absolute Gasteiger partial charge is 0.494 e. The highest BCUT2D eigenvalue weighted by Crippen LogP contribution is 2.15. The van der Waals surface area contributed by atoms with E-state index >= 15 is 0 Å². The van der Waals surface area contributed by atoms with Crippen LogP contribution < -0.4 is 10.1 Å². The Bertz CT molecular complexity index is 374. The molecule has 2 rings (SSSR count). The molecule has 0 bridgehead atoms. The van der Waals surface area contributed by atoms with Crippen LogP contribution >= 0.6 is 0 Å². The van der Waals surface area contributed by atoms with E-state index in [1.807, 2.05) is 30.3 Å². The van der Waals surface area contributed by atoms with E-state index in [1.54, 1.807) is 0 Å². The van der Waals surface area contributed by atoms with Gasteiger partial charge in [-0.1, -0.05) is 18.2 Å². The molecule has 1 aromatic rings. The molecule has 1 N–H and O–H groups in total. The average Bonchev–Trinajstić information content (AvgIpc) is 2.52. The van der Waals surface area contributed by atoms with Gasteiger partial charge in [-0.05, 0) is 64.3 Å². The second-order valence-electron chi connectivity index (χ2n) is 6.30. The van der Waals surface area contributed by atoms with Gasteiger partial charge in [-0.3, -0.25) is 0 Å². The number of ether oxygens (including phenoxy) is 1. The van der Waals surface area contributed by atoms with Gasteiger partial charge in [0.1, 0.15) is 5.75 Å². The van der Waals surface area contributed by atoms with Crippen LogP contribution in [0.5, 0.6) is 5.75 Å². The van der Waals surface area contributed by atoms with Crippen LogP contribution in [0.1, 0.15) is 33.1 Å². The van der Waals surface area contributed by atoms with Crippen molar-refractivity contribution < 1.29 is 4.74 Å². The first-order valence-electron chi connectivity index (χ1n) is 8.38. The molecule has 0 aromatic heterocycles. The lowest BCUT2D eigenvalue weighted by molar-refractivity contribution is 0.157. The summed E-state index contributed by atoms with van der Waals surface area (Å²) < 4.78 is 5.79. The average molecular weight is 290 g/mol. The minimum Gasteiger partial charge on any atom is -0.494 e. The Kier molecular flexibility index (Phi) is 7.04. The molecule has 1 aliphatic rings. The minimum atomic E-state index is 0.622. The highest BCUT2D eigenvalue weighted by atomic mass is 16.5. The van der Waals surface area contributed by atoms with Crippen molar-refractivity contribution in [3.05, 3.63) is 30.3 Å². The smallest absolute Gasteiger partial charge is 0.119 e.